The maximum atomic E-state index is 12.9. The van der Waals surface area contributed by atoms with E-state index in [0.29, 0.717) is 33.2 Å². The number of aromatic nitrogens is 2. The summed E-state index contributed by atoms with van der Waals surface area (Å²) in [7, 11) is 0. The molecule has 0 bridgehead atoms. The fourth-order valence-corrected chi connectivity index (χ4v) is 3.94. The number of amides is 3. The molecule has 5 rings (SSSR count). The molecule has 0 aliphatic carbocycles. The standard InChI is InChI=1S/C24H17ClN4O3/c1-13(21-27-19-10-9-15(25)12-20(19)28-21)26-22(30)14-5-4-6-16(11-14)29-23(31)17-7-2-3-8-18(17)24(29)32/h2-13H,1H3,(H,26,30)(H,27,28). The quantitative estimate of drug-likeness (QED) is 0.453. The number of halogens is 1. The Bertz CT molecular complexity index is 1380. The number of carbonyl (C=O) groups excluding carboxylic acids is 3. The Kier molecular flexibility index (Phi) is 4.75. The number of H-pyrrole nitrogens is 1. The number of anilines is 1. The summed E-state index contributed by atoms with van der Waals surface area (Å²) < 4.78 is 0. The largest absolute Gasteiger partial charge is 0.342 e. The number of carbonyl (C=O) groups is 3. The van der Waals surface area contributed by atoms with Gasteiger partial charge in [-0.25, -0.2) is 9.88 Å². The predicted octanol–water partition coefficient (Wildman–Crippen LogP) is 4.51. The normalized spacial score (nSPS) is 14.0. The van der Waals surface area contributed by atoms with Crippen molar-refractivity contribution < 1.29 is 14.4 Å². The number of rotatable bonds is 4. The first-order chi connectivity index (χ1) is 15.4. The van der Waals surface area contributed by atoms with Crippen molar-refractivity contribution in [1.82, 2.24) is 15.3 Å². The lowest BCUT2D eigenvalue weighted by Gasteiger charge is -2.16. The minimum atomic E-state index is -0.406. The lowest BCUT2D eigenvalue weighted by Crippen LogP contribution is -2.30. The maximum Gasteiger partial charge on any atom is 0.266 e. The Morgan fingerprint density at radius 3 is 2.44 bits per heavy atom. The molecular weight excluding hydrogens is 428 g/mol. The first kappa shape index (κ1) is 20.0. The molecule has 0 spiro atoms. The van der Waals surface area contributed by atoms with E-state index in [-0.39, 0.29) is 5.91 Å². The second-order valence-electron chi connectivity index (χ2n) is 7.52. The summed E-state index contributed by atoms with van der Waals surface area (Å²) >= 11 is 6.02. The van der Waals surface area contributed by atoms with E-state index in [1.165, 1.54) is 6.07 Å². The Morgan fingerprint density at radius 1 is 1.00 bits per heavy atom. The molecule has 1 aromatic heterocycles. The molecule has 8 heteroatoms. The van der Waals surface area contributed by atoms with E-state index < -0.39 is 17.9 Å². The van der Waals surface area contributed by atoms with Gasteiger partial charge in [0.05, 0.1) is 33.9 Å². The zero-order valence-electron chi connectivity index (χ0n) is 16.9. The molecule has 32 heavy (non-hydrogen) atoms. The number of benzene rings is 3. The van der Waals surface area contributed by atoms with Gasteiger partial charge in [0.15, 0.2) is 0 Å². The number of hydrogen-bond acceptors (Lipinski definition) is 4. The number of imide groups is 1. The second-order valence-corrected chi connectivity index (χ2v) is 7.96. The molecule has 1 unspecified atom stereocenters. The molecule has 3 amide bonds. The third-order valence-electron chi connectivity index (χ3n) is 5.38. The SMILES string of the molecule is CC(NC(=O)c1cccc(N2C(=O)c3ccccc3C2=O)c1)c1nc2ccc(Cl)cc2[nH]1. The number of fused-ring (bicyclic) bond motifs is 2. The van der Waals surface area contributed by atoms with Gasteiger partial charge in [0.1, 0.15) is 5.82 Å². The highest BCUT2D eigenvalue weighted by Gasteiger charge is 2.36. The average Bonchev–Trinajstić information content (AvgIpc) is 3.33. The first-order valence-corrected chi connectivity index (χ1v) is 10.3. The van der Waals surface area contributed by atoms with Crippen LogP contribution in [-0.4, -0.2) is 27.7 Å². The summed E-state index contributed by atoms with van der Waals surface area (Å²) in [6.07, 6.45) is 0. The number of nitrogens with zero attached hydrogens (tertiary/aromatic N) is 2. The summed E-state index contributed by atoms with van der Waals surface area (Å²) in [6, 6.07) is 18.0. The van der Waals surface area contributed by atoms with Gasteiger partial charge in [-0.15, -0.1) is 0 Å². The number of imidazole rings is 1. The van der Waals surface area contributed by atoms with Crippen LogP contribution in [0.2, 0.25) is 5.02 Å². The minimum Gasteiger partial charge on any atom is -0.342 e. The zero-order valence-corrected chi connectivity index (χ0v) is 17.7. The van der Waals surface area contributed by atoms with Crippen molar-refractivity contribution in [3.05, 3.63) is 94.3 Å². The van der Waals surface area contributed by atoms with Crippen LogP contribution in [0.4, 0.5) is 5.69 Å². The Morgan fingerprint density at radius 2 is 1.72 bits per heavy atom. The van der Waals surface area contributed by atoms with Crippen LogP contribution in [0.5, 0.6) is 0 Å². The molecule has 0 fully saturated rings. The van der Waals surface area contributed by atoms with Gasteiger partial charge in [-0.2, -0.15) is 0 Å². The molecular formula is C24H17ClN4O3. The van der Waals surface area contributed by atoms with Gasteiger partial charge in [0.2, 0.25) is 0 Å². The predicted molar refractivity (Wildman–Crippen MR) is 121 cm³/mol. The molecule has 158 valence electrons. The van der Waals surface area contributed by atoms with Gasteiger partial charge in [0, 0.05) is 10.6 Å². The topological polar surface area (TPSA) is 95.2 Å². The van der Waals surface area contributed by atoms with Crippen LogP contribution in [-0.2, 0) is 0 Å². The van der Waals surface area contributed by atoms with Gasteiger partial charge in [-0.3, -0.25) is 14.4 Å². The van der Waals surface area contributed by atoms with E-state index >= 15 is 0 Å². The summed E-state index contributed by atoms with van der Waals surface area (Å²) in [5, 5.41) is 3.48. The van der Waals surface area contributed by atoms with Crippen molar-refractivity contribution in [2.45, 2.75) is 13.0 Å². The van der Waals surface area contributed by atoms with Gasteiger partial charge in [0.25, 0.3) is 17.7 Å². The highest BCUT2D eigenvalue weighted by atomic mass is 35.5. The number of nitrogens with one attached hydrogen (secondary N) is 2. The molecule has 2 heterocycles. The molecule has 0 saturated heterocycles. The molecule has 2 N–H and O–H groups in total. The second kappa shape index (κ2) is 7.62. The van der Waals surface area contributed by atoms with Crippen molar-refractivity contribution in [3.8, 4) is 0 Å². The van der Waals surface area contributed by atoms with E-state index in [0.717, 1.165) is 15.9 Å². The van der Waals surface area contributed by atoms with Gasteiger partial charge in [-0.1, -0.05) is 29.8 Å². The third-order valence-corrected chi connectivity index (χ3v) is 5.62. The van der Waals surface area contributed by atoms with Crippen LogP contribution in [0.25, 0.3) is 11.0 Å². The lowest BCUT2D eigenvalue weighted by molar-refractivity contribution is 0.0916. The molecule has 7 nitrogen and oxygen atoms in total. The van der Waals surface area contributed by atoms with E-state index in [1.54, 1.807) is 60.7 Å². The lowest BCUT2D eigenvalue weighted by atomic mass is 10.1. The Balaban J connectivity index is 1.38. The van der Waals surface area contributed by atoms with E-state index in [9.17, 15) is 14.4 Å². The van der Waals surface area contributed by atoms with Crippen LogP contribution in [0, 0.1) is 0 Å². The van der Waals surface area contributed by atoms with E-state index in [2.05, 4.69) is 15.3 Å². The average molecular weight is 445 g/mol. The zero-order chi connectivity index (χ0) is 22.4. The summed E-state index contributed by atoms with van der Waals surface area (Å²) in [5.41, 5.74) is 2.90. The minimum absolute atomic E-state index is 0.324. The Labute approximate surface area is 188 Å². The molecule has 0 saturated carbocycles. The van der Waals surface area contributed by atoms with Crippen LogP contribution in [0.1, 0.15) is 49.9 Å². The fraction of sp³-hybridized carbons (Fsp3) is 0.0833. The van der Waals surface area contributed by atoms with E-state index in [4.69, 9.17) is 11.6 Å². The van der Waals surface area contributed by atoms with Crippen LogP contribution in [0.3, 0.4) is 0 Å². The van der Waals surface area contributed by atoms with Crippen molar-refractivity contribution >= 4 is 46.0 Å². The molecule has 1 aliphatic rings. The van der Waals surface area contributed by atoms with E-state index in [1.807, 2.05) is 6.92 Å². The monoisotopic (exact) mass is 444 g/mol. The van der Waals surface area contributed by atoms with Crippen LogP contribution >= 0.6 is 11.6 Å². The van der Waals surface area contributed by atoms with Gasteiger partial charge < -0.3 is 10.3 Å². The number of aromatic amines is 1. The molecule has 3 aromatic carbocycles. The smallest absolute Gasteiger partial charge is 0.266 e. The molecule has 0 radical (unpaired) electrons. The van der Waals surface area contributed by atoms with Crippen LogP contribution < -0.4 is 10.2 Å². The van der Waals surface area contributed by atoms with Crippen molar-refractivity contribution in [2.75, 3.05) is 4.90 Å². The van der Waals surface area contributed by atoms with Crippen molar-refractivity contribution in [1.29, 1.82) is 0 Å². The Hall–Kier alpha value is -3.97. The molecule has 1 atom stereocenters. The number of hydrogen-bond donors (Lipinski definition) is 2. The van der Waals surface area contributed by atoms with Crippen molar-refractivity contribution in [2.24, 2.45) is 0 Å². The fourth-order valence-electron chi connectivity index (χ4n) is 3.76. The highest BCUT2D eigenvalue weighted by molar-refractivity contribution is 6.34. The summed E-state index contributed by atoms with van der Waals surface area (Å²) in [4.78, 5) is 47.1. The first-order valence-electron chi connectivity index (χ1n) is 9.96. The van der Waals surface area contributed by atoms with Gasteiger partial charge in [-0.05, 0) is 55.5 Å². The summed E-state index contributed by atoms with van der Waals surface area (Å²) in [6.45, 7) is 1.81. The highest BCUT2D eigenvalue weighted by Crippen LogP contribution is 2.29. The van der Waals surface area contributed by atoms with Crippen molar-refractivity contribution in [3.63, 3.8) is 0 Å². The maximum absolute atomic E-state index is 12.9. The third kappa shape index (κ3) is 3.33. The summed E-state index contributed by atoms with van der Waals surface area (Å²) in [5.74, 6) is -0.573. The molecule has 4 aromatic rings. The molecule has 1 aliphatic heterocycles. The van der Waals surface area contributed by atoms with Crippen LogP contribution in [0.15, 0.2) is 66.7 Å². The van der Waals surface area contributed by atoms with Gasteiger partial charge >= 0.3 is 0 Å².